The van der Waals surface area contributed by atoms with Gasteiger partial charge < -0.3 is 15.8 Å². The van der Waals surface area contributed by atoms with Crippen LogP contribution in [0.3, 0.4) is 0 Å². The van der Waals surface area contributed by atoms with Gasteiger partial charge in [-0.2, -0.15) is 0 Å². The zero-order chi connectivity index (χ0) is 15.6. The molecule has 2 rings (SSSR count). The molecule has 1 heterocycles. The van der Waals surface area contributed by atoms with Gasteiger partial charge >= 0.3 is 5.97 Å². The number of sulfone groups is 1. The second kappa shape index (κ2) is 5.88. The normalized spacial score (nSPS) is 20.8. The predicted octanol–water partition coefficient (Wildman–Crippen LogP) is 1.18. The van der Waals surface area contributed by atoms with E-state index in [0.29, 0.717) is 12.8 Å². The van der Waals surface area contributed by atoms with Crippen molar-refractivity contribution in [1.29, 1.82) is 0 Å². The van der Waals surface area contributed by atoms with Crippen LogP contribution in [0.5, 0.6) is 0 Å². The van der Waals surface area contributed by atoms with Crippen LogP contribution in [0.25, 0.3) is 0 Å². The van der Waals surface area contributed by atoms with Crippen LogP contribution in [0.2, 0.25) is 0 Å². The van der Waals surface area contributed by atoms with Crippen LogP contribution in [0.1, 0.15) is 23.2 Å². The molecule has 116 valence electrons. The highest BCUT2D eigenvalue weighted by Crippen LogP contribution is 2.25. The summed E-state index contributed by atoms with van der Waals surface area (Å²) in [6, 6.07) is 1.89. The predicted molar refractivity (Wildman–Crippen MR) is 77.5 cm³/mol. The average Bonchev–Trinajstić information content (AvgIpc) is 2.40. The first-order chi connectivity index (χ1) is 9.82. The van der Waals surface area contributed by atoms with Crippen LogP contribution in [0, 0.1) is 5.82 Å². The summed E-state index contributed by atoms with van der Waals surface area (Å²) >= 11 is 0. The monoisotopic (exact) mass is 316 g/mol. The third-order valence-corrected chi connectivity index (χ3v) is 5.19. The molecule has 6 nitrogen and oxygen atoms in total. The Morgan fingerprint density at radius 1 is 1.48 bits per heavy atom. The number of halogens is 1. The maximum absolute atomic E-state index is 13.9. The van der Waals surface area contributed by atoms with E-state index in [1.165, 1.54) is 13.2 Å². The molecule has 21 heavy (non-hydrogen) atoms. The molecule has 1 unspecified atom stereocenters. The van der Waals surface area contributed by atoms with Crippen molar-refractivity contribution in [2.24, 2.45) is 0 Å². The lowest BCUT2D eigenvalue weighted by Crippen LogP contribution is -2.35. The van der Waals surface area contributed by atoms with Crippen molar-refractivity contribution in [3.05, 3.63) is 23.5 Å². The van der Waals surface area contributed by atoms with E-state index in [2.05, 4.69) is 10.1 Å². The fourth-order valence-electron chi connectivity index (χ4n) is 2.34. The molecule has 8 heteroatoms. The Kier molecular flexibility index (Phi) is 4.36. The molecule has 1 aliphatic rings. The molecule has 0 spiro atoms. The van der Waals surface area contributed by atoms with Crippen molar-refractivity contribution >= 4 is 27.2 Å². The minimum atomic E-state index is -3.11. The Labute approximate surface area is 122 Å². The Hall–Kier alpha value is -1.83. The lowest BCUT2D eigenvalue weighted by molar-refractivity contribution is 0.0602. The van der Waals surface area contributed by atoms with E-state index in [0.717, 1.165) is 6.07 Å². The van der Waals surface area contributed by atoms with Crippen molar-refractivity contribution in [1.82, 2.24) is 0 Å². The molecule has 3 N–H and O–H groups in total. The molecule has 0 radical (unpaired) electrons. The van der Waals surface area contributed by atoms with Crippen molar-refractivity contribution in [2.75, 3.05) is 29.7 Å². The number of anilines is 2. The largest absolute Gasteiger partial charge is 0.465 e. The van der Waals surface area contributed by atoms with Gasteiger partial charge in [0.15, 0.2) is 9.84 Å². The van der Waals surface area contributed by atoms with Gasteiger partial charge in [-0.1, -0.05) is 0 Å². The second-order valence-corrected chi connectivity index (χ2v) is 7.24. The summed E-state index contributed by atoms with van der Waals surface area (Å²) in [7, 11) is -1.91. The van der Waals surface area contributed by atoms with Gasteiger partial charge in [-0.3, -0.25) is 0 Å². The smallest absolute Gasteiger partial charge is 0.340 e. The summed E-state index contributed by atoms with van der Waals surface area (Å²) in [5.74, 6) is -1.21. The number of benzene rings is 1. The Morgan fingerprint density at radius 3 is 2.81 bits per heavy atom. The number of nitrogens with two attached hydrogens (primary N) is 1. The average molecular weight is 316 g/mol. The lowest BCUT2D eigenvalue weighted by atomic mass is 10.1. The summed E-state index contributed by atoms with van der Waals surface area (Å²) in [6.07, 6.45) is 1.15. The van der Waals surface area contributed by atoms with Crippen LogP contribution >= 0.6 is 0 Å². The molecular formula is C13H17FN2O4S. The molecule has 0 aliphatic carbocycles. The van der Waals surface area contributed by atoms with E-state index in [9.17, 15) is 17.6 Å². The SMILES string of the molecule is COC(=O)c1cc(NC2CCCS(=O)(=O)C2)c(F)cc1N. The van der Waals surface area contributed by atoms with Crippen LogP contribution in [0.15, 0.2) is 12.1 Å². The fraction of sp³-hybridized carbons (Fsp3) is 0.462. The Bertz CT molecular complexity index is 660. The summed E-state index contributed by atoms with van der Waals surface area (Å²) in [6.45, 7) is 0. The summed E-state index contributed by atoms with van der Waals surface area (Å²) < 4.78 is 41.6. The molecule has 0 saturated carbocycles. The highest BCUT2D eigenvalue weighted by Gasteiger charge is 2.25. The molecule has 1 aliphatic heterocycles. The summed E-state index contributed by atoms with van der Waals surface area (Å²) in [5.41, 5.74) is 5.64. The van der Waals surface area contributed by atoms with Gasteiger partial charge in [0, 0.05) is 11.7 Å². The molecule has 1 aromatic carbocycles. The van der Waals surface area contributed by atoms with Gasteiger partial charge in [-0.25, -0.2) is 17.6 Å². The summed E-state index contributed by atoms with van der Waals surface area (Å²) in [5, 5.41) is 2.83. The standard InChI is InChI=1S/C13H17FN2O4S/c1-20-13(17)9-5-12(10(14)6-11(9)15)16-8-3-2-4-21(18,19)7-8/h5-6,8,16H,2-4,7,15H2,1H3. The van der Waals surface area contributed by atoms with Gasteiger partial charge in [0.2, 0.25) is 0 Å². The second-order valence-electron chi connectivity index (χ2n) is 5.01. The summed E-state index contributed by atoms with van der Waals surface area (Å²) in [4.78, 5) is 11.5. The number of ether oxygens (including phenoxy) is 1. The van der Waals surface area contributed by atoms with Crippen LogP contribution in [-0.4, -0.2) is 39.0 Å². The van der Waals surface area contributed by atoms with E-state index in [1.807, 2.05) is 0 Å². The number of carbonyl (C=O) groups is 1. The number of rotatable bonds is 3. The Morgan fingerprint density at radius 2 is 2.19 bits per heavy atom. The molecule has 1 atom stereocenters. The van der Waals surface area contributed by atoms with Gasteiger partial charge in [0.25, 0.3) is 0 Å². The molecular weight excluding hydrogens is 299 g/mol. The number of esters is 1. The number of carbonyl (C=O) groups excluding carboxylic acids is 1. The molecule has 0 bridgehead atoms. The minimum absolute atomic E-state index is 0.0267. The maximum atomic E-state index is 13.9. The van der Waals surface area contributed by atoms with E-state index in [-0.39, 0.29) is 34.5 Å². The third-order valence-electron chi connectivity index (χ3n) is 3.37. The van der Waals surface area contributed by atoms with Crippen LogP contribution < -0.4 is 11.1 Å². The van der Waals surface area contributed by atoms with E-state index < -0.39 is 21.6 Å². The number of nitrogen functional groups attached to an aromatic ring is 1. The van der Waals surface area contributed by atoms with E-state index in [4.69, 9.17) is 5.73 Å². The van der Waals surface area contributed by atoms with E-state index >= 15 is 0 Å². The number of nitrogens with one attached hydrogen (secondary N) is 1. The Balaban J connectivity index is 2.25. The van der Waals surface area contributed by atoms with Gasteiger partial charge in [-0.15, -0.1) is 0 Å². The topological polar surface area (TPSA) is 98.5 Å². The van der Waals surface area contributed by atoms with Crippen molar-refractivity contribution in [3.8, 4) is 0 Å². The molecule has 0 aromatic heterocycles. The molecule has 1 aromatic rings. The van der Waals surface area contributed by atoms with Gasteiger partial charge in [-0.05, 0) is 25.0 Å². The van der Waals surface area contributed by atoms with Crippen molar-refractivity contribution in [2.45, 2.75) is 18.9 Å². The highest BCUT2D eigenvalue weighted by molar-refractivity contribution is 7.91. The van der Waals surface area contributed by atoms with Gasteiger partial charge in [0.05, 0.1) is 29.9 Å². The lowest BCUT2D eigenvalue weighted by Gasteiger charge is -2.24. The van der Waals surface area contributed by atoms with E-state index in [1.54, 1.807) is 0 Å². The molecule has 0 amide bonds. The van der Waals surface area contributed by atoms with Crippen molar-refractivity contribution < 1.29 is 22.3 Å². The first-order valence-electron chi connectivity index (χ1n) is 6.46. The molecule has 1 fully saturated rings. The first kappa shape index (κ1) is 15.6. The number of hydrogen-bond donors (Lipinski definition) is 2. The maximum Gasteiger partial charge on any atom is 0.340 e. The quantitative estimate of drug-likeness (QED) is 0.642. The zero-order valence-corrected chi connectivity index (χ0v) is 12.4. The van der Waals surface area contributed by atoms with Crippen LogP contribution in [0.4, 0.5) is 15.8 Å². The fourth-order valence-corrected chi connectivity index (χ4v) is 3.98. The third kappa shape index (κ3) is 3.63. The van der Waals surface area contributed by atoms with Gasteiger partial charge in [0.1, 0.15) is 5.82 Å². The minimum Gasteiger partial charge on any atom is -0.465 e. The van der Waals surface area contributed by atoms with Crippen LogP contribution in [-0.2, 0) is 14.6 Å². The number of hydrogen-bond acceptors (Lipinski definition) is 6. The highest BCUT2D eigenvalue weighted by atomic mass is 32.2. The first-order valence-corrected chi connectivity index (χ1v) is 8.29. The molecule has 1 saturated heterocycles. The zero-order valence-electron chi connectivity index (χ0n) is 11.6. The van der Waals surface area contributed by atoms with Crippen molar-refractivity contribution in [3.63, 3.8) is 0 Å². The number of methoxy groups -OCH3 is 1.